The molecule has 0 aliphatic rings. The van der Waals surface area contributed by atoms with Crippen molar-refractivity contribution in [2.75, 3.05) is 5.33 Å². The minimum absolute atomic E-state index is 0.0850. The van der Waals surface area contributed by atoms with Crippen LogP contribution in [0.2, 0.25) is 0 Å². The van der Waals surface area contributed by atoms with Crippen LogP contribution in [0.1, 0.15) is 46.1 Å². The number of alkyl halides is 1. The number of benzene rings is 1. The fraction of sp³-hybridized carbons (Fsp3) is 0.562. The molecule has 0 bridgehead atoms. The molecule has 1 N–H and O–H groups in total. The number of nitrogens with one attached hydrogen (secondary N) is 1. The lowest BCUT2D eigenvalue weighted by Gasteiger charge is -2.35. The molecule has 0 aliphatic carbocycles. The Morgan fingerprint density at radius 1 is 1.16 bits per heavy atom. The Kier molecular flexibility index (Phi) is 5.60. The van der Waals surface area contributed by atoms with E-state index in [9.17, 15) is 4.79 Å². The van der Waals surface area contributed by atoms with Gasteiger partial charge < -0.3 is 5.32 Å². The third-order valence-electron chi connectivity index (χ3n) is 4.05. The van der Waals surface area contributed by atoms with Crippen molar-refractivity contribution in [2.24, 2.45) is 0 Å². The molecule has 3 heteroatoms. The average Bonchev–Trinajstić information content (AvgIpc) is 2.45. The summed E-state index contributed by atoms with van der Waals surface area (Å²) in [7, 11) is 0. The topological polar surface area (TPSA) is 29.1 Å². The molecule has 19 heavy (non-hydrogen) atoms. The van der Waals surface area contributed by atoms with Crippen molar-refractivity contribution >= 4 is 21.8 Å². The van der Waals surface area contributed by atoms with Crippen molar-refractivity contribution in [3.63, 3.8) is 0 Å². The van der Waals surface area contributed by atoms with Crippen molar-refractivity contribution in [3.05, 3.63) is 35.9 Å². The molecule has 0 heterocycles. The molecule has 106 valence electrons. The second kappa shape index (κ2) is 6.56. The summed E-state index contributed by atoms with van der Waals surface area (Å²) in [5.74, 6) is 0.0850. The van der Waals surface area contributed by atoms with Gasteiger partial charge in [-0.2, -0.15) is 0 Å². The molecule has 0 fully saturated rings. The first kappa shape index (κ1) is 16.2. The molecule has 0 aliphatic heterocycles. The molecule has 0 atom stereocenters. The lowest BCUT2D eigenvalue weighted by molar-refractivity contribution is -0.127. The van der Waals surface area contributed by atoms with Crippen molar-refractivity contribution in [1.29, 1.82) is 0 Å². The lowest BCUT2D eigenvalue weighted by atomic mass is 9.82. The summed E-state index contributed by atoms with van der Waals surface area (Å²) in [4.78, 5) is 12.6. The second-order valence-corrected chi connectivity index (χ2v) is 6.13. The van der Waals surface area contributed by atoms with Gasteiger partial charge in [0.1, 0.15) is 0 Å². The monoisotopic (exact) mass is 325 g/mol. The highest BCUT2D eigenvalue weighted by atomic mass is 79.9. The lowest BCUT2D eigenvalue weighted by Crippen LogP contribution is -2.54. The van der Waals surface area contributed by atoms with Gasteiger partial charge in [-0.1, -0.05) is 60.1 Å². The first-order valence-corrected chi connectivity index (χ1v) is 7.98. The summed E-state index contributed by atoms with van der Waals surface area (Å²) in [5, 5.41) is 4.01. The van der Waals surface area contributed by atoms with Crippen LogP contribution >= 0.6 is 15.9 Å². The Morgan fingerprint density at radius 3 is 2.11 bits per heavy atom. The maximum atomic E-state index is 12.6. The quantitative estimate of drug-likeness (QED) is 0.786. The molecule has 0 aromatic heterocycles. The third kappa shape index (κ3) is 3.59. The minimum atomic E-state index is -0.515. The summed E-state index contributed by atoms with van der Waals surface area (Å²) < 4.78 is 0. The van der Waals surface area contributed by atoms with Crippen LogP contribution < -0.4 is 5.32 Å². The van der Waals surface area contributed by atoms with Crippen molar-refractivity contribution < 1.29 is 4.79 Å². The van der Waals surface area contributed by atoms with Crippen LogP contribution in [0, 0.1) is 0 Å². The van der Waals surface area contributed by atoms with Crippen molar-refractivity contribution in [3.8, 4) is 0 Å². The maximum absolute atomic E-state index is 12.6. The Balaban J connectivity index is 2.94. The number of carbonyl (C=O) groups excluding carboxylic acids is 1. The van der Waals surface area contributed by atoms with Crippen LogP contribution in [0.25, 0.3) is 0 Å². The van der Waals surface area contributed by atoms with E-state index in [1.165, 1.54) is 0 Å². The Labute approximate surface area is 125 Å². The van der Waals surface area contributed by atoms with Gasteiger partial charge >= 0.3 is 0 Å². The first-order chi connectivity index (χ1) is 8.91. The minimum Gasteiger partial charge on any atom is -0.349 e. The van der Waals surface area contributed by atoms with E-state index in [1.807, 2.05) is 44.2 Å². The largest absolute Gasteiger partial charge is 0.349 e. The van der Waals surface area contributed by atoms with Gasteiger partial charge in [0.15, 0.2) is 0 Å². The highest BCUT2D eigenvalue weighted by Crippen LogP contribution is 2.26. The fourth-order valence-corrected chi connectivity index (χ4v) is 2.97. The zero-order chi connectivity index (χ0) is 14.5. The number of halogens is 1. The third-order valence-corrected chi connectivity index (χ3v) is 5.12. The van der Waals surface area contributed by atoms with Gasteiger partial charge in [-0.25, -0.2) is 0 Å². The number of amides is 1. The molecule has 0 radical (unpaired) electrons. The van der Waals surface area contributed by atoms with E-state index in [1.54, 1.807) is 0 Å². The molecular formula is C16H24BrNO. The molecule has 0 unspecified atom stereocenters. The normalized spacial score (nSPS) is 12.3. The van der Waals surface area contributed by atoms with E-state index in [4.69, 9.17) is 0 Å². The van der Waals surface area contributed by atoms with Crippen molar-refractivity contribution in [1.82, 2.24) is 5.32 Å². The van der Waals surface area contributed by atoms with Crippen LogP contribution in [0.3, 0.4) is 0 Å². The first-order valence-electron chi connectivity index (χ1n) is 6.86. The number of hydrogen-bond acceptors (Lipinski definition) is 1. The van der Waals surface area contributed by atoms with E-state index >= 15 is 0 Å². The van der Waals surface area contributed by atoms with Gasteiger partial charge in [-0.15, -0.1) is 0 Å². The summed E-state index contributed by atoms with van der Waals surface area (Å²) in [5.41, 5.74) is 0.380. The Hall–Kier alpha value is -0.830. The van der Waals surface area contributed by atoms with Crippen LogP contribution in [0.5, 0.6) is 0 Å². The molecule has 0 spiro atoms. The maximum Gasteiger partial charge on any atom is 0.230 e. The van der Waals surface area contributed by atoms with Gasteiger partial charge in [-0.05, 0) is 32.3 Å². The SMILES string of the molecule is CCC(CC)(CBr)NC(=O)C(C)(C)c1ccccc1. The van der Waals surface area contributed by atoms with E-state index in [0.29, 0.717) is 0 Å². The average molecular weight is 326 g/mol. The van der Waals surface area contributed by atoms with E-state index in [2.05, 4.69) is 35.1 Å². The van der Waals surface area contributed by atoms with Crippen molar-refractivity contribution in [2.45, 2.75) is 51.5 Å². The fourth-order valence-electron chi connectivity index (χ4n) is 2.03. The molecule has 2 nitrogen and oxygen atoms in total. The summed E-state index contributed by atoms with van der Waals surface area (Å²) in [6, 6.07) is 9.93. The van der Waals surface area contributed by atoms with Crippen LogP contribution in [0.4, 0.5) is 0 Å². The standard InChI is InChI=1S/C16H24BrNO/c1-5-16(6-2,12-17)18-14(19)15(3,4)13-10-8-7-9-11-13/h7-11H,5-6,12H2,1-4H3,(H,18,19). The number of rotatable bonds is 6. The highest BCUT2D eigenvalue weighted by molar-refractivity contribution is 9.09. The van der Waals surface area contributed by atoms with Crippen LogP contribution in [-0.2, 0) is 10.2 Å². The molecule has 1 aromatic carbocycles. The number of carbonyl (C=O) groups is 1. The molecule has 1 aromatic rings. The van der Waals surface area contributed by atoms with Crippen LogP contribution in [-0.4, -0.2) is 16.8 Å². The van der Waals surface area contributed by atoms with E-state index < -0.39 is 5.41 Å². The summed E-state index contributed by atoms with van der Waals surface area (Å²) in [6.07, 6.45) is 1.84. The summed E-state index contributed by atoms with van der Waals surface area (Å²) in [6.45, 7) is 8.17. The molecule has 0 saturated heterocycles. The zero-order valence-corrected chi connectivity index (χ0v) is 13.9. The summed E-state index contributed by atoms with van der Waals surface area (Å²) >= 11 is 3.53. The second-order valence-electron chi connectivity index (χ2n) is 5.57. The van der Waals surface area contributed by atoms with Gasteiger partial charge in [0.25, 0.3) is 0 Å². The highest BCUT2D eigenvalue weighted by Gasteiger charge is 2.35. The number of hydrogen-bond donors (Lipinski definition) is 1. The van der Waals surface area contributed by atoms with Gasteiger partial charge in [0.05, 0.1) is 5.41 Å². The molecule has 1 rings (SSSR count). The van der Waals surface area contributed by atoms with Gasteiger partial charge in [0.2, 0.25) is 5.91 Å². The predicted octanol–water partition coefficient (Wildman–Crippen LogP) is 4.03. The van der Waals surface area contributed by atoms with Gasteiger partial charge in [-0.3, -0.25) is 4.79 Å². The Morgan fingerprint density at radius 2 is 1.68 bits per heavy atom. The Bertz CT molecular complexity index is 402. The smallest absolute Gasteiger partial charge is 0.230 e. The predicted molar refractivity (Wildman–Crippen MR) is 84.7 cm³/mol. The molecule has 0 saturated carbocycles. The van der Waals surface area contributed by atoms with E-state index in [-0.39, 0.29) is 11.4 Å². The van der Waals surface area contributed by atoms with Crippen LogP contribution in [0.15, 0.2) is 30.3 Å². The van der Waals surface area contributed by atoms with E-state index in [0.717, 1.165) is 23.7 Å². The molecular weight excluding hydrogens is 302 g/mol. The zero-order valence-electron chi connectivity index (χ0n) is 12.3. The van der Waals surface area contributed by atoms with Gasteiger partial charge in [0, 0.05) is 10.9 Å². The molecule has 1 amide bonds.